The van der Waals surface area contributed by atoms with E-state index < -0.39 is 5.54 Å². The molecule has 1 aromatic carbocycles. The number of hydroxylamine groups is 1. The molecule has 4 rings (SSSR count). The van der Waals surface area contributed by atoms with Crippen molar-refractivity contribution in [3.63, 3.8) is 0 Å². The molecule has 6 heteroatoms. The molecular weight excluding hydrogens is 285 g/mol. The highest BCUT2D eigenvalue weighted by Crippen LogP contribution is 2.50. The predicted octanol–water partition coefficient (Wildman–Crippen LogP) is 2.07. The van der Waals surface area contributed by atoms with Gasteiger partial charge in [-0.3, -0.25) is 9.52 Å². The van der Waals surface area contributed by atoms with Crippen LogP contribution in [-0.2, 0) is 22.2 Å². The minimum Gasteiger partial charge on any atom is -0.370 e. The summed E-state index contributed by atoms with van der Waals surface area (Å²) in [4.78, 5) is 5.69. The summed E-state index contributed by atoms with van der Waals surface area (Å²) in [5.74, 6) is -0.257. The summed E-state index contributed by atoms with van der Waals surface area (Å²) in [5, 5.41) is 4.21. The van der Waals surface area contributed by atoms with Crippen molar-refractivity contribution in [3.8, 4) is 0 Å². The van der Waals surface area contributed by atoms with Crippen molar-refractivity contribution in [2.45, 2.75) is 24.7 Å². The van der Waals surface area contributed by atoms with Crippen molar-refractivity contribution < 1.29 is 14.0 Å². The molecule has 116 valence electrons. The Labute approximate surface area is 128 Å². The highest BCUT2D eigenvalue weighted by Gasteiger charge is 2.56. The number of aryl methyl sites for hydroxylation is 1. The van der Waals surface area contributed by atoms with Crippen LogP contribution in [0.3, 0.4) is 0 Å². The van der Waals surface area contributed by atoms with Crippen LogP contribution in [0.2, 0.25) is 0 Å². The van der Waals surface area contributed by atoms with Crippen molar-refractivity contribution in [2.24, 2.45) is 13.0 Å². The molecule has 0 radical (unpaired) electrons. The van der Waals surface area contributed by atoms with Crippen LogP contribution in [0.4, 0.5) is 4.39 Å². The van der Waals surface area contributed by atoms with E-state index in [-0.39, 0.29) is 23.9 Å². The Morgan fingerprint density at radius 3 is 2.95 bits per heavy atom. The van der Waals surface area contributed by atoms with Gasteiger partial charge in [-0.2, -0.15) is 10.6 Å². The van der Waals surface area contributed by atoms with E-state index in [2.05, 4.69) is 10.6 Å². The van der Waals surface area contributed by atoms with Crippen LogP contribution in [0.1, 0.15) is 24.2 Å². The Balaban J connectivity index is 1.76. The highest BCUT2D eigenvalue weighted by atomic mass is 19.1. The number of halogens is 1. The third-order valence-corrected chi connectivity index (χ3v) is 4.74. The van der Waals surface area contributed by atoms with E-state index >= 15 is 0 Å². The van der Waals surface area contributed by atoms with Crippen LogP contribution >= 0.6 is 0 Å². The number of fused-ring (bicyclic) bond motifs is 1. The van der Waals surface area contributed by atoms with Gasteiger partial charge in [0.05, 0.1) is 24.4 Å². The first-order chi connectivity index (χ1) is 10.6. The molecule has 2 aliphatic rings. The van der Waals surface area contributed by atoms with Gasteiger partial charge in [0, 0.05) is 30.3 Å². The normalized spacial score (nSPS) is 34.0. The molecule has 0 bridgehead atoms. The molecular formula is C16H18FN3O2. The summed E-state index contributed by atoms with van der Waals surface area (Å²) >= 11 is 0. The number of aromatic nitrogens is 2. The molecule has 0 aliphatic carbocycles. The quantitative estimate of drug-likeness (QED) is 0.922. The monoisotopic (exact) mass is 303 g/mol. The molecule has 1 N–H and O–H groups in total. The molecule has 22 heavy (non-hydrogen) atoms. The van der Waals surface area contributed by atoms with Crippen molar-refractivity contribution in [3.05, 3.63) is 53.6 Å². The summed E-state index contributed by atoms with van der Waals surface area (Å²) in [6.07, 6.45) is 3.47. The molecule has 0 spiro atoms. The van der Waals surface area contributed by atoms with Gasteiger partial charge in [0.15, 0.2) is 0 Å². The summed E-state index contributed by atoms with van der Waals surface area (Å²) < 4.78 is 22.0. The first-order valence-corrected chi connectivity index (χ1v) is 7.37. The maximum atomic E-state index is 14.3. The van der Waals surface area contributed by atoms with E-state index in [1.54, 1.807) is 23.0 Å². The predicted molar refractivity (Wildman–Crippen MR) is 77.2 cm³/mol. The van der Waals surface area contributed by atoms with Crippen molar-refractivity contribution in [1.29, 1.82) is 0 Å². The zero-order valence-corrected chi connectivity index (χ0v) is 12.5. The lowest BCUT2D eigenvalue weighted by atomic mass is 9.75. The third kappa shape index (κ3) is 1.91. The van der Waals surface area contributed by atoms with E-state index in [0.29, 0.717) is 12.2 Å². The van der Waals surface area contributed by atoms with Crippen molar-refractivity contribution in [2.75, 3.05) is 6.61 Å². The number of hydrogen-bond acceptors (Lipinski definition) is 4. The lowest BCUT2D eigenvalue weighted by Crippen LogP contribution is -2.41. The lowest BCUT2D eigenvalue weighted by molar-refractivity contribution is -0.0258. The van der Waals surface area contributed by atoms with Crippen LogP contribution in [0, 0.1) is 11.7 Å². The molecule has 2 aromatic rings. The molecule has 4 atom stereocenters. The zero-order valence-electron chi connectivity index (χ0n) is 12.5. The second-order valence-electron chi connectivity index (χ2n) is 6.17. The van der Waals surface area contributed by atoms with Crippen LogP contribution in [-0.4, -0.2) is 22.5 Å². The Morgan fingerprint density at radius 1 is 1.41 bits per heavy atom. The maximum Gasteiger partial charge on any atom is 0.128 e. The van der Waals surface area contributed by atoms with E-state index in [9.17, 15) is 4.39 Å². The van der Waals surface area contributed by atoms with Crippen molar-refractivity contribution in [1.82, 2.24) is 15.3 Å². The van der Waals surface area contributed by atoms with E-state index in [4.69, 9.17) is 9.57 Å². The summed E-state index contributed by atoms with van der Waals surface area (Å²) in [6.45, 7) is 2.45. The van der Waals surface area contributed by atoms with Gasteiger partial charge in [0.25, 0.3) is 0 Å². The molecule has 5 nitrogen and oxygen atoms in total. The smallest absolute Gasteiger partial charge is 0.128 e. The molecule has 2 fully saturated rings. The molecule has 0 unspecified atom stereocenters. The average molecular weight is 303 g/mol. The van der Waals surface area contributed by atoms with Gasteiger partial charge in [-0.15, -0.1) is 0 Å². The summed E-state index contributed by atoms with van der Waals surface area (Å²) in [7, 11) is 1.87. The first kappa shape index (κ1) is 13.9. The van der Waals surface area contributed by atoms with E-state index in [0.717, 1.165) is 5.56 Å². The minimum absolute atomic E-state index is 0.0198. The summed E-state index contributed by atoms with van der Waals surface area (Å²) in [6, 6.07) is 6.81. The minimum atomic E-state index is -0.646. The third-order valence-electron chi connectivity index (χ3n) is 4.74. The van der Waals surface area contributed by atoms with Gasteiger partial charge >= 0.3 is 0 Å². The average Bonchev–Trinajstić information content (AvgIpc) is 3.17. The fraction of sp³-hybridized carbons (Fsp3) is 0.438. The number of nitrogens with one attached hydrogen (secondary N) is 1. The van der Waals surface area contributed by atoms with Gasteiger partial charge in [-0.25, -0.2) is 4.39 Å². The Bertz CT molecular complexity index is 704. The number of rotatable bonds is 2. The second-order valence-corrected chi connectivity index (χ2v) is 6.17. The van der Waals surface area contributed by atoms with Gasteiger partial charge in [-0.1, -0.05) is 18.2 Å². The standard InChI is InChI=1S/C16H18FN3O2/c1-16(11-5-3-4-6-12(11)17)14-13(22-19-16)9-21-15(14)10-7-18-20(2)8-10/h3-8,13-15,19H,9H2,1-2H3/t13-,14-,15+,16-/m1/s1. The highest BCUT2D eigenvalue weighted by molar-refractivity contribution is 5.30. The zero-order chi connectivity index (χ0) is 15.3. The van der Waals surface area contributed by atoms with Crippen LogP contribution in [0.15, 0.2) is 36.7 Å². The largest absolute Gasteiger partial charge is 0.370 e. The second kappa shape index (κ2) is 4.87. The molecule has 2 aliphatic heterocycles. The van der Waals surface area contributed by atoms with Crippen LogP contribution in [0.5, 0.6) is 0 Å². The topological polar surface area (TPSA) is 48.3 Å². The number of hydrogen-bond donors (Lipinski definition) is 1. The first-order valence-electron chi connectivity index (χ1n) is 7.37. The van der Waals surface area contributed by atoms with Gasteiger partial charge < -0.3 is 4.74 Å². The van der Waals surface area contributed by atoms with Gasteiger partial charge in [0.1, 0.15) is 11.9 Å². The van der Waals surface area contributed by atoms with E-state index in [1.165, 1.54) is 6.07 Å². The SMILES string of the molecule is Cn1cc([C@@H]2OC[C@H]3ON[C@](C)(c4ccccc4F)[C@H]32)cn1. The summed E-state index contributed by atoms with van der Waals surface area (Å²) in [5.41, 5.74) is 4.00. The number of ether oxygens (including phenoxy) is 1. The maximum absolute atomic E-state index is 14.3. The van der Waals surface area contributed by atoms with Crippen LogP contribution in [0.25, 0.3) is 0 Å². The Morgan fingerprint density at radius 2 is 2.23 bits per heavy atom. The van der Waals surface area contributed by atoms with Gasteiger partial charge in [0.2, 0.25) is 0 Å². The Hall–Kier alpha value is -1.76. The molecule has 2 saturated heterocycles. The number of nitrogens with zero attached hydrogens (tertiary/aromatic N) is 2. The van der Waals surface area contributed by atoms with Crippen molar-refractivity contribution >= 4 is 0 Å². The molecule has 1 aromatic heterocycles. The lowest BCUT2D eigenvalue weighted by Gasteiger charge is -2.32. The Kier molecular flexibility index (Phi) is 3.07. The van der Waals surface area contributed by atoms with Crippen LogP contribution < -0.4 is 5.48 Å². The number of benzene rings is 1. The molecule has 3 heterocycles. The van der Waals surface area contributed by atoms with E-state index in [1.807, 2.05) is 26.2 Å². The van der Waals surface area contributed by atoms with Gasteiger partial charge in [-0.05, 0) is 13.0 Å². The fourth-order valence-corrected chi connectivity index (χ4v) is 3.66. The fourth-order valence-electron chi connectivity index (χ4n) is 3.66. The molecule has 0 saturated carbocycles. The molecule has 0 amide bonds.